The number of benzene rings is 2. The lowest BCUT2D eigenvalue weighted by atomic mass is 10.1. The number of halogens is 3. The largest absolute Gasteiger partial charge is 0.416 e. The minimum absolute atomic E-state index is 0.121. The van der Waals surface area contributed by atoms with Crippen LogP contribution >= 0.6 is 0 Å². The van der Waals surface area contributed by atoms with Crippen molar-refractivity contribution in [1.82, 2.24) is 14.5 Å². The van der Waals surface area contributed by atoms with E-state index in [1.165, 1.54) is 16.7 Å². The van der Waals surface area contributed by atoms with Gasteiger partial charge in [-0.05, 0) is 36.2 Å². The molecular weight excluding hydrogens is 399 g/mol. The van der Waals surface area contributed by atoms with E-state index in [1.54, 1.807) is 24.3 Å². The average molecular weight is 419 g/mol. The minimum Gasteiger partial charge on any atom is -0.350 e. The molecule has 0 fully saturated rings. The summed E-state index contributed by atoms with van der Waals surface area (Å²) in [4.78, 5) is 37.8. The maximum absolute atomic E-state index is 12.8. The fourth-order valence-corrected chi connectivity index (χ4v) is 3.20. The van der Waals surface area contributed by atoms with Crippen LogP contribution in [0.15, 0.2) is 58.1 Å². The summed E-state index contributed by atoms with van der Waals surface area (Å²) in [7, 11) is 0. The summed E-state index contributed by atoms with van der Waals surface area (Å²) in [6.45, 7) is 1.56. The highest BCUT2D eigenvalue weighted by atomic mass is 19.4. The van der Waals surface area contributed by atoms with Gasteiger partial charge in [0, 0.05) is 13.1 Å². The van der Waals surface area contributed by atoms with E-state index in [4.69, 9.17) is 0 Å². The van der Waals surface area contributed by atoms with Crippen molar-refractivity contribution in [3.05, 3.63) is 80.5 Å². The Morgan fingerprint density at radius 2 is 1.77 bits per heavy atom. The Labute approximate surface area is 169 Å². The Balaban J connectivity index is 1.85. The Morgan fingerprint density at radius 1 is 1.03 bits per heavy atom. The number of hydrogen-bond donors (Lipinski definition) is 1. The summed E-state index contributed by atoms with van der Waals surface area (Å²) < 4.78 is 40.8. The van der Waals surface area contributed by atoms with E-state index >= 15 is 0 Å². The van der Waals surface area contributed by atoms with Gasteiger partial charge in [-0.15, -0.1) is 0 Å². The summed E-state index contributed by atoms with van der Waals surface area (Å²) in [5.74, 6) is -0.554. The first-order valence-electron chi connectivity index (χ1n) is 9.37. The first kappa shape index (κ1) is 21.4. The van der Waals surface area contributed by atoms with Gasteiger partial charge in [0.25, 0.3) is 5.56 Å². The first-order valence-corrected chi connectivity index (χ1v) is 9.37. The van der Waals surface area contributed by atoms with E-state index in [1.807, 2.05) is 6.92 Å². The van der Waals surface area contributed by atoms with Crippen molar-refractivity contribution in [2.45, 2.75) is 39.2 Å². The molecule has 0 aliphatic heterocycles. The van der Waals surface area contributed by atoms with Gasteiger partial charge in [0.2, 0.25) is 5.91 Å². The number of alkyl halides is 3. The normalized spacial score (nSPS) is 11.6. The Kier molecular flexibility index (Phi) is 6.09. The van der Waals surface area contributed by atoms with E-state index in [-0.39, 0.29) is 25.2 Å². The molecule has 0 aliphatic rings. The molecule has 3 rings (SSSR count). The van der Waals surface area contributed by atoms with Crippen molar-refractivity contribution >= 4 is 16.8 Å². The number of carbonyl (C=O) groups is 1. The first-order chi connectivity index (χ1) is 14.2. The van der Waals surface area contributed by atoms with Crippen LogP contribution in [0.2, 0.25) is 0 Å². The fraction of sp³-hybridized carbons (Fsp3) is 0.286. The van der Waals surface area contributed by atoms with E-state index in [2.05, 4.69) is 5.32 Å². The van der Waals surface area contributed by atoms with Gasteiger partial charge in [0.1, 0.15) is 6.54 Å². The molecule has 3 aromatic rings. The van der Waals surface area contributed by atoms with Crippen LogP contribution in [0.3, 0.4) is 0 Å². The van der Waals surface area contributed by atoms with Crippen molar-refractivity contribution < 1.29 is 18.0 Å². The summed E-state index contributed by atoms with van der Waals surface area (Å²) in [5.41, 5.74) is -1.21. The van der Waals surface area contributed by atoms with E-state index in [0.717, 1.165) is 16.7 Å². The maximum atomic E-state index is 12.8. The second-order valence-corrected chi connectivity index (χ2v) is 6.82. The fourth-order valence-electron chi connectivity index (χ4n) is 3.20. The molecule has 158 valence electrons. The highest BCUT2D eigenvalue weighted by molar-refractivity contribution is 5.81. The number of nitrogens with one attached hydrogen (secondary N) is 1. The molecule has 1 aromatic heterocycles. The third-order valence-corrected chi connectivity index (χ3v) is 4.63. The second-order valence-electron chi connectivity index (χ2n) is 6.82. The number of hydrogen-bond acceptors (Lipinski definition) is 3. The third kappa shape index (κ3) is 4.45. The molecule has 0 saturated carbocycles. The average Bonchev–Trinajstić information content (AvgIpc) is 2.72. The van der Waals surface area contributed by atoms with Gasteiger partial charge in [0.15, 0.2) is 0 Å². The summed E-state index contributed by atoms with van der Waals surface area (Å²) in [6.07, 6.45) is -3.91. The Bertz CT molecular complexity index is 1200. The van der Waals surface area contributed by atoms with Gasteiger partial charge in [-0.3, -0.25) is 18.7 Å². The molecule has 0 saturated heterocycles. The predicted octanol–water partition coefficient (Wildman–Crippen LogP) is 2.91. The highest BCUT2D eigenvalue weighted by Gasteiger charge is 2.30. The minimum atomic E-state index is -4.47. The van der Waals surface area contributed by atoms with Gasteiger partial charge in [-0.1, -0.05) is 31.2 Å². The van der Waals surface area contributed by atoms with Crippen LogP contribution in [-0.2, 0) is 30.6 Å². The summed E-state index contributed by atoms with van der Waals surface area (Å²) in [5, 5.41) is 2.85. The monoisotopic (exact) mass is 419 g/mol. The SMILES string of the molecule is CCCn1c(=O)c2ccccc2n(CC(=O)NCc2cccc(C(F)(F)F)c2)c1=O. The molecule has 6 nitrogen and oxygen atoms in total. The molecule has 1 heterocycles. The maximum Gasteiger partial charge on any atom is 0.416 e. The second kappa shape index (κ2) is 8.56. The lowest BCUT2D eigenvalue weighted by molar-refractivity contribution is -0.137. The van der Waals surface area contributed by atoms with Crippen molar-refractivity contribution in [2.24, 2.45) is 0 Å². The number of carbonyl (C=O) groups excluding carboxylic acids is 1. The zero-order chi connectivity index (χ0) is 21.9. The summed E-state index contributed by atoms with van der Waals surface area (Å²) >= 11 is 0. The molecule has 9 heteroatoms. The van der Waals surface area contributed by atoms with Crippen LogP contribution in [0.1, 0.15) is 24.5 Å². The third-order valence-electron chi connectivity index (χ3n) is 4.63. The van der Waals surface area contributed by atoms with Crippen LogP contribution in [0.25, 0.3) is 10.9 Å². The number of amides is 1. The molecule has 0 unspecified atom stereocenters. The molecular formula is C21H20F3N3O3. The smallest absolute Gasteiger partial charge is 0.350 e. The van der Waals surface area contributed by atoms with Crippen molar-refractivity contribution in [3.63, 3.8) is 0 Å². The molecule has 1 N–H and O–H groups in total. The van der Waals surface area contributed by atoms with Gasteiger partial charge >= 0.3 is 11.9 Å². The quantitative estimate of drug-likeness (QED) is 0.668. The zero-order valence-corrected chi connectivity index (χ0v) is 16.2. The number of fused-ring (bicyclic) bond motifs is 1. The van der Waals surface area contributed by atoms with Crippen molar-refractivity contribution in [1.29, 1.82) is 0 Å². The molecule has 30 heavy (non-hydrogen) atoms. The van der Waals surface area contributed by atoms with Crippen molar-refractivity contribution in [2.75, 3.05) is 0 Å². The molecule has 0 spiro atoms. The van der Waals surface area contributed by atoms with Gasteiger partial charge in [-0.2, -0.15) is 13.2 Å². The van der Waals surface area contributed by atoms with Gasteiger partial charge in [-0.25, -0.2) is 4.79 Å². The topological polar surface area (TPSA) is 73.1 Å². The molecule has 0 bridgehead atoms. The van der Waals surface area contributed by atoms with Crippen LogP contribution in [0.5, 0.6) is 0 Å². The highest BCUT2D eigenvalue weighted by Crippen LogP contribution is 2.29. The van der Waals surface area contributed by atoms with Crippen LogP contribution in [-0.4, -0.2) is 15.0 Å². The van der Waals surface area contributed by atoms with Crippen LogP contribution < -0.4 is 16.6 Å². The molecule has 0 radical (unpaired) electrons. The molecule has 0 atom stereocenters. The Hall–Kier alpha value is -3.36. The number of aromatic nitrogens is 2. The molecule has 2 aromatic carbocycles. The van der Waals surface area contributed by atoms with Crippen LogP contribution in [0.4, 0.5) is 13.2 Å². The lowest BCUT2D eigenvalue weighted by Gasteiger charge is -2.14. The molecule has 0 aliphatic carbocycles. The number of para-hydroxylation sites is 1. The van der Waals surface area contributed by atoms with Crippen molar-refractivity contribution in [3.8, 4) is 0 Å². The zero-order valence-electron chi connectivity index (χ0n) is 16.2. The standard InChI is InChI=1S/C21H20F3N3O3/c1-2-10-26-19(29)16-8-3-4-9-17(16)27(20(26)30)13-18(28)25-12-14-6-5-7-15(11-14)21(22,23)24/h3-9,11H,2,10,12-13H2,1H3,(H,25,28). The summed E-state index contributed by atoms with van der Waals surface area (Å²) in [6, 6.07) is 11.1. The predicted molar refractivity (Wildman–Crippen MR) is 106 cm³/mol. The van der Waals surface area contributed by atoms with E-state index in [9.17, 15) is 27.6 Å². The Morgan fingerprint density at radius 3 is 2.47 bits per heavy atom. The number of rotatable bonds is 6. The van der Waals surface area contributed by atoms with Gasteiger partial charge < -0.3 is 5.32 Å². The van der Waals surface area contributed by atoms with Gasteiger partial charge in [0.05, 0.1) is 16.5 Å². The molecule has 1 amide bonds. The van der Waals surface area contributed by atoms with E-state index in [0.29, 0.717) is 17.3 Å². The van der Waals surface area contributed by atoms with E-state index < -0.39 is 28.9 Å². The number of nitrogens with zero attached hydrogens (tertiary/aromatic N) is 2. The lowest BCUT2D eigenvalue weighted by Crippen LogP contribution is -2.42. The van der Waals surface area contributed by atoms with Crippen LogP contribution in [0, 0.1) is 0 Å².